The van der Waals surface area contributed by atoms with E-state index < -0.39 is 11.6 Å². The fourth-order valence-electron chi connectivity index (χ4n) is 2.50. The molecule has 19 heavy (non-hydrogen) atoms. The Hall–Kier alpha value is -1.49. The highest BCUT2D eigenvalue weighted by Crippen LogP contribution is 2.15. The van der Waals surface area contributed by atoms with E-state index in [1.165, 1.54) is 13.0 Å². The van der Waals surface area contributed by atoms with Crippen LogP contribution in [-0.2, 0) is 11.3 Å². The number of benzene rings is 1. The Morgan fingerprint density at radius 3 is 2.89 bits per heavy atom. The molecule has 1 aromatic carbocycles. The van der Waals surface area contributed by atoms with E-state index in [1.54, 1.807) is 6.07 Å². The summed E-state index contributed by atoms with van der Waals surface area (Å²) >= 11 is 0. The van der Waals surface area contributed by atoms with Crippen molar-refractivity contribution in [2.24, 2.45) is 0 Å². The number of amides is 1. The number of hydrogen-bond donors (Lipinski definition) is 1. The van der Waals surface area contributed by atoms with Crippen molar-refractivity contribution in [2.45, 2.75) is 32.4 Å². The summed E-state index contributed by atoms with van der Waals surface area (Å²) in [7, 11) is 0. The maximum absolute atomic E-state index is 13.1. The Bertz CT molecular complexity index is 465. The highest BCUT2D eigenvalue weighted by molar-refractivity contribution is 5.73. The zero-order valence-corrected chi connectivity index (χ0v) is 11.0. The van der Waals surface area contributed by atoms with Gasteiger partial charge in [0.05, 0.1) is 0 Å². The average molecular weight is 268 g/mol. The van der Waals surface area contributed by atoms with Crippen LogP contribution in [0.2, 0.25) is 0 Å². The Balaban J connectivity index is 1.94. The maximum Gasteiger partial charge on any atom is 0.217 e. The minimum absolute atomic E-state index is 0.0281. The summed E-state index contributed by atoms with van der Waals surface area (Å²) in [5, 5.41) is 2.90. The molecule has 0 bridgehead atoms. The van der Waals surface area contributed by atoms with Crippen LogP contribution in [0, 0.1) is 11.6 Å². The minimum Gasteiger partial charge on any atom is -0.352 e. The lowest BCUT2D eigenvalue weighted by Gasteiger charge is -2.33. The molecule has 0 saturated carbocycles. The molecule has 1 unspecified atom stereocenters. The summed E-state index contributed by atoms with van der Waals surface area (Å²) < 4.78 is 26.0. The van der Waals surface area contributed by atoms with Crippen molar-refractivity contribution >= 4 is 5.91 Å². The van der Waals surface area contributed by atoms with Crippen molar-refractivity contribution in [2.75, 3.05) is 13.1 Å². The largest absolute Gasteiger partial charge is 0.352 e. The summed E-state index contributed by atoms with van der Waals surface area (Å²) in [6, 6.07) is 4.13. The van der Waals surface area contributed by atoms with Gasteiger partial charge in [-0.05, 0) is 37.1 Å². The van der Waals surface area contributed by atoms with Gasteiger partial charge in [-0.25, -0.2) is 8.78 Å². The first-order chi connectivity index (χ1) is 9.04. The number of carbonyl (C=O) groups is 1. The normalized spacial score (nSPS) is 20.3. The zero-order valence-electron chi connectivity index (χ0n) is 11.0. The third-order valence-corrected chi connectivity index (χ3v) is 3.30. The Labute approximate surface area is 111 Å². The minimum atomic E-state index is -0.821. The number of likely N-dealkylation sites (tertiary alicyclic amines) is 1. The second-order valence-corrected chi connectivity index (χ2v) is 5.02. The van der Waals surface area contributed by atoms with Gasteiger partial charge < -0.3 is 5.32 Å². The number of piperidine rings is 1. The predicted octanol–water partition coefficient (Wildman–Crippen LogP) is 2.07. The van der Waals surface area contributed by atoms with Gasteiger partial charge in [0.25, 0.3) is 0 Å². The van der Waals surface area contributed by atoms with Gasteiger partial charge in [-0.1, -0.05) is 6.07 Å². The molecule has 1 aromatic rings. The molecule has 1 atom stereocenters. The zero-order chi connectivity index (χ0) is 13.8. The van der Waals surface area contributed by atoms with Crippen molar-refractivity contribution < 1.29 is 13.6 Å². The fraction of sp³-hybridized carbons (Fsp3) is 0.500. The Morgan fingerprint density at radius 1 is 1.42 bits per heavy atom. The lowest BCUT2D eigenvalue weighted by Crippen LogP contribution is -2.46. The third-order valence-electron chi connectivity index (χ3n) is 3.30. The van der Waals surface area contributed by atoms with Gasteiger partial charge in [-0.15, -0.1) is 0 Å². The van der Waals surface area contributed by atoms with E-state index in [1.807, 2.05) is 0 Å². The van der Waals surface area contributed by atoms with Gasteiger partial charge in [-0.3, -0.25) is 9.69 Å². The number of nitrogens with one attached hydrogen (secondary N) is 1. The fourth-order valence-corrected chi connectivity index (χ4v) is 2.50. The molecular formula is C14H18F2N2O. The summed E-state index contributed by atoms with van der Waals surface area (Å²) in [5.41, 5.74) is 0.752. The third kappa shape index (κ3) is 3.99. The summed E-state index contributed by atoms with van der Waals surface area (Å²) in [6.07, 6.45) is 1.96. The van der Waals surface area contributed by atoms with E-state index >= 15 is 0 Å². The van der Waals surface area contributed by atoms with E-state index in [-0.39, 0.29) is 11.9 Å². The second kappa shape index (κ2) is 6.10. The number of hydrogen-bond acceptors (Lipinski definition) is 2. The quantitative estimate of drug-likeness (QED) is 0.910. The molecule has 1 aliphatic rings. The Morgan fingerprint density at radius 2 is 2.21 bits per heavy atom. The number of halogens is 2. The van der Waals surface area contributed by atoms with E-state index in [2.05, 4.69) is 10.2 Å². The van der Waals surface area contributed by atoms with Gasteiger partial charge in [-0.2, -0.15) is 0 Å². The molecule has 1 heterocycles. The van der Waals surface area contributed by atoms with Gasteiger partial charge in [0.1, 0.15) is 0 Å². The van der Waals surface area contributed by atoms with Crippen LogP contribution in [0.15, 0.2) is 18.2 Å². The van der Waals surface area contributed by atoms with Crippen molar-refractivity contribution in [1.29, 1.82) is 0 Å². The number of carbonyl (C=O) groups excluding carboxylic acids is 1. The molecule has 0 aromatic heterocycles. The molecular weight excluding hydrogens is 250 g/mol. The molecule has 0 spiro atoms. The van der Waals surface area contributed by atoms with Crippen LogP contribution < -0.4 is 5.32 Å². The van der Waals surface area contributed by atoms with Gasteiger partial charge >= 0.3 is 0 Å². The molecule has 2 rings (SSSR count). The standard InChI is InChI=1S/C14H18F2N2O/c1-10(19)17-12-3-2-6-18(9-12)8-11-4-5-13(15)14(16)7-11/h4-5,7,12H,2-3,6,8-9H2,1H3,(H,17,19). The second-order valence-electron chi connectivity index (χ2n) is 5.02. The maximum atomic E-state index is 13.1. The molecule has 1 saturated heterocycles. The first kappa shape index (κ1) is 13.9. The Kier molecular flexibility index (Phi) is 4.47. The van der Waals surface area contributed by atoms with Crippen LogP contribution in [0.3, 0.4) is 0 Å². The smallest absolute Gasteiger partial charge is 0.217 e. The van der Waals surface area contributed by atoms with Crippen LogP contribution in [0.5, 0.6) is 0 Å². The van der Waals surface area contributed by atoms with Crippen LogP contribution >= 0.6 is 0 Å². The van der Waals surface area contributed by atoms with E-state index in [0.717, 1.165) is 37.6 Å². The summed E-state index contributed by atoms with van der Waals surface area (Å²) in [4.78, 5) is 13.2. The molecule has 0 radical (unpaired) electrons. The first-order valence-electron chi connectivity index (χ1n) is 6.48. The molecule has 5 heteroatoms. The van der Waals surface area contributed by atoms with Gasteiger partial charge in [0.2, 0.25) is 5.91 Å². The molecule has 1 amide bonds. The molecule has 1 N–H and O–H groups in total. The molecule has 1 fully saturated rings. The van der Waals surface area contributed by atoms with Crippen LogP contribution in [0.1, 0.15) is 25.3 Å². The highest BCUT2D eigenvalue weighted by Gasteiger charge is 2.20. The van der Waals surface area contributed by atoms with E-state index in [0.29, 0.717) is 6.54 Å². The predicted molar refractivity (Wildman–Crippen MR) is 68.5 cm³/mol. The first-order valence-corrected chi connectivity index (χ1v) is 6.48. The summed E-state index contributed by atoms with van der Waals surface area (Å²) in [6.45, 7) is 3.75. The van der Waals surface area contributed by atoms with E-state index in [9.17, 15) is 13.6 Å². The number of nitrogens with zero attached hydrogens (tertiary/aromatic N) is 1. The summed E-state index contributed by atoms with van der Waals surface area (Å²) in [5.74, 6) is -1.66. The molecule has 3 nitrogen and oxygen atoms in total. The van der Waals surface area contributed by atoms with Crippen molar-refractivity contribution in [1.82, 2.24) is 10.2 Å². The topological polar surface area (TPSA) is 32.3 Å². The highest BCUT2D eigenvalue weighted by atomic mass is 19.2. The van der Waals surface area contributed by atoms with Crippen LogP contribution in [0.25, 0.3) is 0 Å². The SMILES string of the molecule is CC(=O)NC1CCCN(Cc2ccc(F)c(F)c2)C1. The average Bonchev–Trinajstić information content (AvgIpc) is 2.33. The lowest BCUT2D eigenvalue weighted by molar-refractivity contribution is -0.120. The molecule has 1 aliphatic heterocycles. The number of rotatable bonds is 3. The van der Waals surface area contributed by atoms with Crippen LogP contribution in [-0.4, -0.2) is 29.9 Å². The molecule has 0 aliphatic carbocycles. The lowest BCUT2D eigenvalue weighted by atomic mass is 10.0. The van der Waals surface area contributed by atoms with Crippen LogP contribution in [0.4, 0.5) is 8.78 Å². The monoisotopic (exact) mass is 268 g/mol. The van der Waals surface area contributed by atoms with Crippen molar-refractivity contribution in [3.8, 4) is 0 Å². The van der Waals surface area contributed by atoms with E-state index in [4.69, 9.17) is 0 Å². The van der Waals surface area contributed by atoms with Crippen molar-refractivity contribution in [3.05, 3.63) is 35.4 Å². The van der Waals surface area contributed by atoms with Gasteiger partial charge in [0.15, 0.2) is 11.6 Å². The van der Waals surface area contributed by atoms with Crippen molar-refractivity contribution in [3.63, 3.8) is 0 Å². The molecule has 104 valence electrons. The van der Waals surface area contributed by atoms with Gasteiger partial charge in [0, 0.05) is 26.1 Å².